The third-order valence-corrected chi connectivity index (χ3v) is 4.70. The molecule has 0 radical (unpaired) electrons. The molecule has 1 atom stereocenters. The number of thioether (sulfide) groups is 1. The standard InChI is InChI=1S/C16H23NOS/c1-16(2,3)19-12-15(18)17-10-9-14(11-17)13-7-5-4-6-8-13/h4-8,14H,9-12H2,1-3H3. The van der Waals surface area contributed by atoms with E-state index in [1.54, 1.807) is 11.8 Å². The maximum atomic E-state index is 12.2. The Morgan fingerprint density at radius 3 is 2.63 bits per heavy atom. The number of amides is 1. The summed E-state index contributed by atoms with van der Waals surface area (Å²) < 4.78 is 0.161. The Morgan fingerprint density at radius 2 is 2.00 bits per heavy atom. The highest BCUT2D eigenvalue weighted by atomic mass is 32.2. The van der Waals surface area contributed by atoms with Crippen LogP contribution in [0.4, 0.5) is 0 Å². The van der Waals surface area contributed by atoms with Gasteiger partial charge < -0.3 is 4.90 Å². The van der Waals surface area contributed by atoms with Crippen molar-refractivity contribution in [1.29, 1.82) is 0 Å². The van der Waals surface area contributed by atoms with Crippen LogP contribution in [0.5, 0.6) is 0 Å². The van der Waals surface area contributed by atoms with Crippen molar-refractivity contribution in [3.8, 4) is 0 Å². The van der Waals surface area contributed by atoms with Crippen LogP contribution >= 0.6 is 11.8 Å². The van der Waals surface area contributed by atoms with Crippen molar-refractivity contribution in [3.63, 3.8) is 0 Å². The van der Waals surface area contributed by atoms with Gasteiger partial charge in [-0.2, -0.15) is 0 Å². The van der Waals surface area contributed by atoms with Crippen molar-refractivity contribution in [2.45, 2.75) is 37.9 Å². The minimum atomic E-state index is 0.161. The number of hydrogen-bond donors (Lipinski definition) is 0. The molecule has 19 heavy (non-hydrogen) atoms. The molecule has 0 spiro atoms. The van der Waals surface area contributed by atoms with Gasteiger partial charge in [-0.15, -0.1) is 11.8 Å². The summed E-state index contributed by atoms with van der Waals surface area (Å²) in [6, 6.07) is 10.5. The summed E-state index contributed by atoms with van der Waals surface area (Å²) >= 11 is 1.73. The zero-order valence-corrected chi connectivity index (χ0v) is 12.9. The first-order valence-corrected chi connectivity index (χ1v) is 7.91. The molecule has 0 aromatic heterocycles. The molecule has 1 fully saturated rings. The number of likely N-dealkylation sites (tertiary alicyclic amines) is 1. The predicted molar refractivity (Wildman–Crippen MR) is 82.6 cm³/mol. The quantitative estimate of drug-likeness (QED) is 0.842. The molecule has 2 nitrogen and oxygen atoms in total. The molecule has 1 saturated heterocycles. The van der Waals surface area contributed by atoms with E-state index < -0.39 is 0 Å². The van der Waals surface area contributed by atoms with E-state index in [4.69, 9.17) is 0 Å². The van der Waals surface area contributed by atoms with Crippen LogP contribution in [0.15, 0.2) is 30.3 Å². The van der Waals surface area contributed by atoms with Gasteiger partial charge in [-0.25, -0.2) is 0 Å². The summed E-state index contributed by atoms with van der Waals surface area (Å²) in [5, 5.41) is 0. The molecule has 3 heteroatoms. The summed E-state index contributed by atoms with van der Waals surface area (Å²) in [6.45, 7) is 8.25. The summed E-state index contributed by atoms with van der Waals surface area (Å²) in [5.74, 6) is 1.41. The van der Waals surface area contributed by atoms with Gasteiger partial charge in [0.25, 0.3) is 0 Å². The van der Waals surface area contributed by atoms with Gasteiger partial charge in [-0.3, -0.25) is 4.79 Å². The van der Waals surface area contributed by atoms with Crippen molar-refractivity contribution < 1.29 is 4.79 Å². The number of benzene rings is 1. The smallest absolute Gasteiger partial charge is 0.232 e. The highest BCUT2D eigenvalue weighted by molar-refractivity contribution is 8.01. The van der Waals surface area contributed by atoms with E-state index >= 15 is 0 Å². The summed E-state index contributed by atoms with van der Waals surface area (Å²) in [4.78, 5) is 14.2. The monoisotopic (exact) mass is 277 g/mol. The molecule has 1 unspecified atom stereocenters. The van der Waals surface area contributed by atoms with Gasteiger partial charge >= 0.3 is 0 Å². The molecule has 0 saturated carbocycles. The number of nitrogens with zero attached hydrogens (tertiary/aromatic N) is 1. The third kappa shape index (κ3) is 4.27. The molecule has 1 aromatic rings. The van der Waals surface area contributed by atoms with Crippen molar-refractivity contribution in [3.05, 3.63) is 35.9 Å². The second-order valence-electron chi connectivity index (χ2n) is 6.14. The third-order valence-electron chi connectivity index (χ3n) is 3.44. The first-order chi connectivity index (χ1) is 8.96. The van der Waals surface area contributed by atoms with Crippen molar-refractivity contribution in [2.75, 3.05) is 18.8 Å². The molecule has 0 bridgehead atoms. The lowest BCUT2D eigenvalue weighted by atomic mass is 9.99. The molecule has 1 aliphatic heterocycles. The fraction of sp³-hybridized carbons (Fsp3) is 0.562. The largest absolute Gasteiger partial charge is 0.341 e. The van der Waals surface area contributed by atoms with Gasteiger partial charge in [0.1, 0.15) is 0 Å². The molecule has 1 aromatic carbocycles. The predicted octanol–water partition coefficient (Wildman–Crippen LogP) is 3.53. The van der Waals surface area contributed by atoms with E-state index in [1.165, 1.54) is 5.56 Å². The highest BCUT2D eigenvalue weighted by Gasteiger charge is 2.27. The first-order valence-electron chi connectivity index (χ1n) is 6.92. The molecule has 1 aliphatic rings. The van der Waals surface area contributed by atoms with Gasteiger partial charge in [-0.05, 0) is 12.0 Å². The molecule has 2 rings (SSSR count). The van der Waals surface area contributed by atoms with E-state index in [0.29, 0.717) is 17.6 Å². The maximum Gasteiger partial charge on any atom is 0.232 e. The fourth-order valence-electron chi connectivity index (χ4n) is 2.35. The van der Waals surface area contributed by atoms with Crippen molar-refractivity contribution in [2.24, 2.45) is 0 Å². The average molecular weight is 277 g/mol. The average Bonchev–Trinajstić information content (AvgIpc) is 2.86. The van der Waals surface area contributed by atoms with Crippen LogP contribution < -0.4 is 0 Å². The van der Waals surface area contributed by atoms with E-state index in [1.807, 2.05) is 11.0 Å². The topological polar surface area (TPSA) is 20.3 Å². The van der Waals surface area contributed by atoms with Crippen molar-refractivity contribution in [1.82, 2.24) is 4.90 Å². The molecular weight excluding hydrogens is 254 g/mol. The molecule has 104 valence electrons. The van der Waals surface area contributed by atoms with Crippen molar-refractivity contribution >= 4 is 17.7 Å². The Morgan fingerprint density at radius 1 is 1.32 bits per heavy atom. The maximum absolute atomic E-state index is 12.2. The molecule has 0 N–H and O–H groups in total. The van der Waals surface area contributed by atoms with E-state index in [2.05, 4.69) is 45.0 Å². The van der Waals surface area contributed by atoms with E-state index in [-0.39, 0.29) is 4.75 Å². The Kier molecular flexibility index (Phi) is 4.56. The molecule has 1 amide bonds. The minimum Gasteiger partial charge on any atom is -0.341 e. The van der Waals surface area contributed by atoms with E-state index in [0.717, 1.165) is 19.5 Å². The Labute approximate surface area is 120 Å². The van der Waals surface area contributed by atoms with Crippen LogP contribution in [0.25, 0.3) is 0 Å². The van der Waals surface area contributed by atoms with Crippen LogP contribution in [0.3, 0.4) is 0 Å². The van der Waals surface area contributed by atoms with Crippen LogP contribution in [-0.2, 0) is 4.79 Å². The molecule has 1 heterocycles. The number of carbonyl (C=O) groups is 1. The minimum absolute atomic E-state index is 0.161. The number of hydrogen-bond acceptors (Lipinski definition) is 2. The van der Waals surface area contributed by atoms with Crippen LogP contribution in [0, 0.1) is 0 Å². The lowest BCUT2D eigenvalue weighted by Gasteiger charge is -2.21. The molecule has 0 aliphatic carbocycles. The van der Waals surface area contributed by atoms with Gasteiger partial charge in [0, 0.05) is 23.8 Å². The SMILES string of the molecule is CC(C)(C)SCC(=O)N1CCC(c2ccccc2)C1. The Hall–Kier alpha value is -0.960. The lowest BCUT2D eigenvalue weighted by molar-refractivity contribution is -0.127. The summed E-state index contributed by atoms with van der Waals surface area (Å²) in [6.07, 6.45) is 1.09. The number of carbonyl (C=O) groups excluding carboxylic acids is 1. The van der Waals surface area contributed by atoms with Gasteiger partial charge in [0.15, 0.2) is 0 Å². The second-order valence-corrected chi connectivity index (χ2v) is 7.94. The highest BCUT2D eigenvalue weighted by Crippen LogP contribution is 2.29. The van der Waals surface area contributed by atoms with E-state index in [9.17, 15) is 4.79 Å². The van der Waals surface area contributed by atoms with Gasteiger partial charge in [-0.1, -0.05) is 51.1 Å². The summed E-state index contributed by atoms with van der Waals surface area (Å²) in [5.41, 5.74) is 1.36. The lowest BCUT2D eigenvalue weighted by Crippen LogP contribution is -2.31. The Bertz CT molecular complexity index is 424. The zero-order valence-electron chi connectivity index (χ0n) is 12.1. The zero-order chi connectivity index (χ0) is 13.9. The molecular formula is C16H23NOS. The van der Waals surface area contributed by atoms with Crippen LogP contribution in [-0.4, -0.2) is 34.4 Å². The Balaban J connectivity index is 1.86. The normalized spacial score (nSPS) is 19.7. The van der Waals surface area contributed by atoms with Gasteiger partial charge in [0.2, 0.25) is 5.91 Å². The van der Waals surface area contributed by atoms with Crippen LogP contribution in [0.1, 0.15) is 38.7 Å². The summed E-state index contributed by atoms with van der Waals surface area (Å²) in [7, 11) is 0. The first kappa shape index (κ1) is 14.4. The van der Waals surface area contributed by atoms with Gasteiger partial charge in [0.05, 0.1) is 5.75 Å². The second kappa shape index (κ2) is 6.00. The van der Waals surface area contributed by atoms with Crippen LogP contribution in [0.2, 0.25) is 0 Å². The number of rotatable bonds is 3. The fourth-order valence-corrected chi connectivity index (χ4v) is 3.09.